The van der Waals surface area contributed by atoms with Gasteiger partial charge in [-0.3, -0.25) is 14.7 Å². The van der Waals surface area contributed by atoms with E-state index in [1.807, 2.05) is 71.6 Å². The number of benzene rings is 3. The number of hydrogen-bond donors (Lipinski definition) is 0. The molecule has 0 saturated carbocycles. The Hall–Kier alpha value is -3.79. The van der Waals surface area contributed by atoms with Gasteiger partial charge in [-0.15, -0.1) is 0 Å². The molecule has 152 valence electrons. The molecule has 4 aromatic rings. The zero-order valence-corrected chi connectivity index (χ0v) is 16.9. The summed E-state index contributed by atoms with van der Waals surface area (Å²) in [4.78, 5) is 20.1. The average molecular weight is 408 g/mol. The van der Waals surface area contributed by atoms with Gasteiger partial charge in [0.05, 0.1) is 11.1 Å². The maximum Gasteiger partial charge on any atom is 0.242 e. The first-order chi connectivity index (χ1) is 15.2. The van der Waals surface area contributed by atoms with Crippen LogP contribution >= 0.6 is 0 Å². The van der Waals surface area contributed by atoms with Gasteiger partial charge in [0.15, 0.2) is 0 Å². The first-order valence-corrected chi connectivity index (χ1v) is 10.3. The Bertz CT molecular complexity index is 1210. The Morgan fingerprint density at radius 3 is 2.06 bits per heavy atom. The van der Waals surface area contributed by atoms with E-state index >= 15 is 0 Å². The van der Waals surface area contributed by atoms with E-state index in [1.54, 1.807) is 24.5 Å². The number of amides is 1. The first kappa shape index (κ1) is 19.2. The molecule has 0 N–H and O–H groups in total. The van der Waals surface area contributed by atoms with Crippen molar-refractivity contribution in [2.24, 2.45) is 0 Å². The Balaban J connectivity index is 1.69. The summed E-state index contributed by atoms with van der Waals surface area (Å²) < 4.78 is 13.6. The molecule has 2 heterocycles. The number of pyridine rings is 1. The lowest BCUT2D eigenvalue weighted by atomic mass is 9.72. The second-order valence-corrected chi connectivity index (χ2v) is 7.91. The minimum Gasteiger partial charge on any atom is -0.280 e. The molecular formula is C27H21FN2O. The van der Waals surface area contributed by atoms with Crippen LogP contribution in [-0.2, 0) is 23.1 Å². The van der Waals surface area contributed by atoms with Crippen molar-refractivity contribution in [2.45, 2.75) is 18.3 Å². The molecule has 1 atom stereocenters. The summed E-state index contributed by atoms with van der Waals surface area (Å²) in [7, 11) is 0. The summed E-state index contributed by atoms with van der Waals surface area (Å²) in [5.41, 5.74) is 3.89. The third-order valence-electron chi connectivity index (χ3n) is 5.96. The highest BCUT2D eigenvalue weighted by molar-refractivity contribution is 6.13. The lowest BCUT2D eigenvalue weighted by Crippen LogP contribution is -2.42. The lowest BCUT2D eigenvalue weighted by molar-refractivity contribution is -0.122. The maximum absolute atomic E-state index is 14.2. The maximum atomic E-state index is 14.2. The molecule has 3 nitrogen and oxygen atoms in total. The van der Waals surface area contributed by atoms with Crippen molar-refractivity contribution in [1.29, 1.82) is 0 Å². The third-order valence-corrected chi connectivity index (χ3v) is 5.96. The Morgan fingerprint density at radius 2 is 1.35 bits per heavy atom. The lowest BCUT2D eigenvalue weighted by Gasteiger charge is -2.29. The Morgan fingerprint density at radius 1 is 0.742 bits per heavy atom. The van der Waals surface area contributed by atoms with Crippen LogP contribution in [0, 0.1) is 5.82 Å². The predicted octanol–water partition coefficient (Wildman–Crippen LogP) is 5.62. The molecule has 1 unspecified atom stereocenters. The summed E-state index contributed by atoms with van der Waals surface area (Å²) in [5.74, 6) is -0.253. The average Bonchev–Trinajstić information content (AvgIpc) is 3.04. The fourth-order valence-electron chi connectivity index (χ4n) is 4.55. The summed E-state index contributed by atoms with van der Waals surface area (Å²) in [6, 6.07) is 28.1. The molecule has 31 heavy (non-hydrogen) atoms. The highest BCUT2D eigenvalue weighted by Crippen LogP contribution is 2.48. The number of para-hydroxylation sites is 2. The topological polar surface area (TPSA) is 33.2 Å². The number of carbonyl (C=O) groups is 1. The normalized spacial score (nSPS) is 17.6. The molecule has 5 rings (SSSR count). The number of nitrogens with zero attached hydrogens (tertiary/aromatic N) is 2. The Labute approximate surface area is 180 Å². The van der Waals surface area contributed by atoms with Crippen LogP contribution in [0.3, 0.4) is 0 Å². The van der Waals surface area contributed by atoms with Crippen LogP contribution in [-0.4, -0.2) is 10.9 Å². The molecule has 3 aromatic carbocycles. The summed E-state index contributed by atoms with van der Waals surface area (Å²) >= 11 is 0. The van der Waals surface area contributed by atoms with E-state index in [4.69, 9.17) is 0 Å². The molecule has 1 aliphatic rings. The van der Waals surface area contributed by atoms with Crippen LogP contribution in [0.4, 0.5) is 15.8 Å². The predicted molar refractivity (Wildman–Crippen MR) is 120 cm³/mol. The standard InChI is InChI=1S/C27H21FN2O/c28-22-12-10-20(11-13-22)18-27(19-21-14-16-29-17-15-21)24-8-4-5-9-25(24)30(26(27)31)23-6-2-1-3-7-23/h1-17H,18-19H2. The number of halogens is 1. The second-order valence-electron chi connectivity index (χ2n) is 7.91. The van der Waals surface area contributed by atoms with Gasteiger partial charge in [0.2, 0.25) is 5.91 Å². The fraction of sp³-hybridized carbons (Fsp3) is 0.111. The van der Waals surface area contributed by atoms with Crippen LogP contribution in [0.5, 0.6) is 0 Å². The minimum absolute atomic E-state index is 0.0287. The van der Waals surface area contributed by atoms with Crippen LogP contribution in [0.15, 0.2) is 103 Å². The number of anilines is 2. The van der Waals surface area contributed by atoms with Crippen LogP contribution in [0.1, 0.15) is 16.7 Å². The van der Waals surface area contributed by atoms with Gasteiger partial charge >= 0.3 is 0 Å². The van der Waals surface area contributed by atoms with Crippen LogP contribution in [0.2, 0.25) is 0 Å². The van der Waals surface area contributed by atoms with E-state index in [2.05, 4.69) is 4.98 Å². The van der Waals surface area contributed by atoms with Gasteiger partial charge in [0.25, 0.3) is 0 Å². The van der Waals surface area contributed by atoms with Gasteiger partial charge in [-0.1, -0.05) is 48.5 Å². The zero-order valence-electron chi connectivity index (χ0n) is 16.9. The molecule has 1 amide bonds. The van der Waals surface area contributed by atoms with Gasteiger partial charge in [-0.25, -0.2) is 4.39 Å². The van der Waals surface area contributed by atoms with E-state index in [1.165, 1.54) is 12.1 Å². The van der Waals surface area contributed by atoms with Gasteiger partial charge in [-0.05, 0) is 72.0 Å². The quantitative estimate of drug-likeness (QED) is 0.429. The number of hydrogen-bond acceptors (Lipinski definition) is 2. The molecule has 4 heteroatoms. The number of carbonyl (C=O) groups excluding carboxylic acids is 1. The van der Waals surface area contributed by atoms with Gasteiger partial charge in [-0.2, -0.15) is 0 Å². The first-order valence-electron chi connectivity index (χ1n) is 10.3. The summed E-state index contributed by atoms with van der Waals surface area (Å²) in [5, 5.41) is 0. The van der Waals surface area contributed by atoms with Crippen molar-refractivity contribution in [3.8, 4) is 0 Å². The van der Waals surface area contributed by atoms with Crippen molar-refractivity contribution < 1.29 is 9.18 Å². The minimum atomic E-state index is -0.800. The van der Waals surface area contributed by atoms with Crippen molar-refractivity contribution in [2.75, 3.05) is 4.90 Å². The van der Waals surface area contributed by atoms with E-state index in [0.717, 1.165) is 28.1 Å². The van der Waals surface area contributed by atoms with Crippen molar-refractivity contribution in [1.82, 2.24) is 4.98 Å². The van der Waals surface area contributed by atoms with E-state index in [-0.39, 0.29) is 11.7 Å². The SMILES string of the molecule is O=C1N(c2ccccc2)c2ccccc2C1(Cc1ccncc1)Cc1ccc(F)cc1. The Kier molecular flexibility index (Phi) is 4.83. The van der Waals surface area contributed by atoms with Crippen LogP contribution < -0.4 is 4.90 Å². The molecule has 0 radical (unpaired) electrons. The van der Waals surface area contributed by atoms with Gasteiger partial charge < -0.3 is 0 Å². The van der Waals surface area contributed by atoms with Crippen molar-refractivity contribution >= 4 is 17.3 Å². The van der Waals surface area contributed by atoms with Gasteiger partial charge in [0.1, 0.15) is 5.82 Å². The van der Waals surface area contributed by atoms with E-state index < -0.39 is 5.41 Å². The second kappa shape index (κ2) is 7.80. The summed E-state index contributed by atoms with van der Waals surface area (Å²) in [6.45, 7) is 0. The fourth-order valence-corrected chi connectivity index (χ4v) is 4.55. The number of aromatic nitrogens is 1. The molecule has 0 saturated heterocycles. The van der Waals surface area contributed by atoms with Crippen molar-refractivity contribution in [3.05, 3.63) is 126 Å². The number of rotatable bonds is 5. The highest BCUT2D eigenvalue weighted by atomic mass is 19.1. The molecule has 0 spiro atoms. The zero-order chi connectivity index (χ0) is 21.3. The van der Waals surface area contributed by atoms with Gasteiger partial charge in [0, 0.05) is 18.1 Å². The largest absolute Gasteiger partial charge is 0.280 e. The molecule has 0 aliphatic carbocycles. The van der Waals surface area contributed by atoms with E-state index in [9.17, 15) is 9.18 Å². The molecule has 0 bridgehead atoms. The molecule has 1 aliphatic heterocycles. The molecule has 0 fully saturated rings. The molecule has 1 aromatic heterocycles. The molecular weight excluding hydrogens is 387 g/mol. The van der Waals surface area contributed by atoms with Crippen LogP contribution in [0.25, 0.3) is 0 Å². The van der Waals surface area contributed by atoms with Crippen molar-refractivity contribution in [3.63, 3.8) is 0 Å². The number of fused-ring (bicyclic) bond motifs is 1. The smallest absolute Gasteiger partial charge is 0.242 e. The highest BCUT2D eigenvalue weighted by Gasteiger charge is 2.51. The summed E-state index contributed by atoms with van der Waals surface area (Å²) in [6.07, 6.45) is 4.52. The third kappa shape index (κ3) is 3.40. The monoisotopic (exact) mass is 408 g/mol. The van der Waals surface area contributed by atoms with E-state index in [0.29, 0.717) is 12.8 Å².